The summed E-state index contributed by atoms with van der Waals surface area (Å²) >= 11 is 0. The van der Waals surface area contributed by atoms with Gasteiger partial charge in [-0.1, -0.05) is 26.2 Å². The Labute approximate surface area is 92.8 Å². The normalized spacial score (nSPS) is 26.0. The van der Waals surface area contributed by atoms with Crippen molar-refractivity contribution < 1.29 is 14.6 Å². The van der Waals surface area contributed by atoms with Crippen LogP contribution in [0.5, 0.6) is 0 Å². The molecule has 2 atom stereocenters. The van der Waals surface area contributed by atoms with E-state index in [1.165, 1.54) is 19.3 Å². The van der Waals surface area contributed by atoms with Crippen molar-refractivity contribution in [3.8, 4) is 0 Å². The number of unbranched alkanes of at least 4 members (excludes halogenated alkanes) is 3. The number of ether oxygens (including phenoxy) is 2. The van der Waals surface area contributed by atoms with Crippen LogP contribution in [-0.2, 0) is 9.47 Å². The van der Waals surface area contributed by atoms with Crippen molar-refractivity contribution in [2.45, 2.75) is 57.7 Å². The van der Waals surface area contributed by atoms with Crippen molar-refractivity contribution in [2.75, 3.05) is 19.8 Å². The lowest BCUT2D eigenvalue weighted by molar-refractivity contribution is -0.0197. The van der Waals surface area contributed by atoms with Crippen LogP contribution in [0.15, 0.2) is 0 Å². The van der Waals surface area contributed by atoms with Gasteiger partial charge in [-0.15, -0.1) is 0 Å². The highest BCUT2D eigenvalue weighted by molar-refractivity contribution is 4.76. The average Bonchev–Trinajstić information content (AvgIpc) is 2.66. The first-order valence-electron chi connectivity index (χ1n) is 6.22. The molecule has 1 N–H and O–H groups in total. The summed E-state index contributed by atoms with van der Waals surface area (Å²) in [7, 11) is 0. The zero-order valence-corrected chi connectivity index (χ0v) is 9.78. The van der Waals surface area contributed by atoms with Crippen LogP contribution in [0.4, 0.5) is 0 Å². The first kappa shape index (κ1) is 12.9. The third-order valence-corrected chi connectivity index (χ3v) is 2.89. The molecule has 0 aliphatic carbocycles. The maximum atomic E-state index is 8.85. The van der Waals surface area contributed by atoms with E-state index in [1.807, 2.05) is 0 Å². The minimum Gasteiger partial charge on any atom is -0.396 e. The van der Waals surface area contributed by atoms with Gasteiger partial charge >= 0.3 is 0 Å². The Balaban J connectivity index is 2.03. The molecule has 0 radical (unpaired) electrons. The lowest BCUT2D eigenvalue weighted by Gasteiger charge is -2.18. The Hall–Kier alpha value is -0.120. The molecule has 3 nitrogen and oxygen atoms in total. The maximum Gasteiger partial charge on any atom is 0.0859 e. The van der Waals surface area contributed by atoms with Crippen molar-refractivity contribution in [2.24, 2.45) is 0 Å². The Morgan fingerprint density at radius 2 is 2.20 bits per heavy atom. The van der Waals surface area contributed by atoms with E-state index in [4.69, 9.17) is 14.6 Å². The molecule has 0 amide bonds. The Bertz CT molecular complexity index is 150. The molecule has 90 valence electrons. The zero-order chi connectivity index (χ0) is 10.9. The smallest absolute Gasteiger partial charge is 0.0859 e. The van der Waals surface area contributed by atoms with Crippen LogP contribution < -0.4 is 0 Å². The molecule has 1 fully saturated rings. The third kappa shape index (κ3) is 4.96. The van der Waals surface area contributed by atoms with Gasteiger partial charge < -0.3 is 14.6 Å². The SMILES string of the molecule is CCCCCCOC1CCO[C@@H]1CCO. The van der Waals surface area contributed by atoms with E-state index in [2.05, 4.69) is 6.92 Å². The highest BCUT2D eigenvalue weighted by Crippen LogP contribution is 2.20. The van der Waals surface area contributed by atoms with E-state index in [0.29, 0.717) is 6.42 Å². The molecule has 3 heteroatoms. The van der Waals surface area contributed by atoms with Crippen molar-refractivity contribution in [3.63, 3.8) is 0 Å². The van der Waals surface area contributed by atoms with Gasteiger partial charge in [0.1, 0.15) is 0 Å². The molecule has 1 unspecified atom stereocenters. The lowest BCUT2D eigenvalue weighted by Crippen LogP contribution is -2.25. The lowest BCUT2D eigenvalue weighted by atomic mass is 10.1. The molecule has 0 spiro atoms. The van der Waals surface area contributed by atoms with Gasteiger partial charge in [0.25, 0.3) is 0 Å². The minimum atomic E-state index is 0.126. The summed E-state index contributed by atoms with van der Waals surface area (Å²) in [5, 5.41) is 8.85. The van der Waals surface area contributed by atoms with Crippen molar-refractivity contribution in [1.29, 1.82) is 0 Å². The van der Waals surface area contributed by atoms with Crippen LogP contribution in [0.2, 0.25) is 0 Å². The molecule has 1 aliphatic rings. The van der Waals surface area contributed by atoms with Crippen LogP contribution in [-0.4, -0.2) is 37.1 Å². The van der Waals surface area contributed by atoms with E-state index in [9.17, 15) is 0 Å². The minimum absolute atomic E-state index is 0.126. The fourth-order valence-corrected chi connectivity index (χ4v) is 1.98. The van der Waals surface area contributed by atoms with Crippen LogP contribution >= 0.6 is 0 Å². The van der Waals surface area contributed by atoms with Crippen LogP contribution in [0.1, 0.15) is 45.4 Å². The Morgan fingerprint density at radius 3 is 2.93 bits per heavy atom. The van der Waals surface area contributed by atoms with Gasteiger partial charge in [0, 0.05) is 19.8 Å². The topological polar surface area (TPSA) is 38.7 Å². The molecular weight excluding hydrogens is 192 g/mol. The van der Waals surface area contributed by atoms with Gasteiger partial charge in [-0.2, -0.15) is 0 Å². The number of aliphatic hydroxyl groups excluding tert-OH is 1. The molecule has 1 saturated heterocycles. The molecular formula is C12H24O3. The number of hydrogen-bond donors (Lipinski definition) is 1. The summed E-state index contributed by atoms with van der Waals surface area (Å²) in [5.74, 6) is 0. The summed E-state index contributed by atoms with van der Waals surface area (Å²) in [4.78, 5) is 0. The Kier molecular flexibility index (Phi) is 6.98. The van der Waals surface area contributed by atoms with E-state index >= 15 is 0 Å². The number of hydrogen-bond acceptors (Lipinski definition) is 3. The molecule has 0 bridgehead atoms. The second-order valence-electron chi connectivity index (χ2n) is 4.18. The van der Waals surface area contributed by atoms with Gasteiger partial charge in [-0.3, -0.25) is 0 Å². The first-order valence-corrected chi connectivity index (χ1v) is 6.22. The van der Waals surface area contributed by atoms with Crippen LogP contribution in [0.3, 0.4) is 0 Å². The molecule has 0 aromatic heterocycles. The van der Waals surface area contributed by atoms with E-state index < -0.39 is 0 Å². The second kappa shape index (κ2) is 8.08. The number of aliphatic hydroxyl groups is 1. The predicted molar refractivity (Wildman–Crippen MR) is 59.9 cm³/mol. The fraction of sp³-hybridized carbons (Fsp3) is 1.00. The molecule has 1 heterocycles. The second-order valence-corrected chi connectivity index (χ2v) is 4.18. The molecule has 1 aliphatic heterocycles. The summed E-state index contributed by atoms with van der Waals surface area (Å²) in [5.41, 5.74) is 0. The quantitative estimate of drug-likeness (QED) is 0.632. The molecule has 1 rings (SSSR count). The number of rotatable bonds is 8. The van der Waals surface area contributed by atoms with E-state index in [-0.39, 0.29) is 18.8 Å². The largest absolute Gasteiger partial charge is 0.396 e. The van der Waals surface area contributed by atoms with E-state index in [1.54, 1.807) is 0 Å². The van der Waals surface area contributed by atoms with Crippen molar-refractivity contribution >= 4 is 0 Å². The van der Waals surface area contributed by atoms with Gasteiger partial charge in [0.05, 0.1) is 12.2 Å². The van der Waals surface area contributed by atoms with Gasteiger partial charge in [-0.25, -0.2) is 0 Å². The fourth-order valence-electron chi connectivity index (χ4n) is 1.98. The summed E-state index contributed by atoms with van der Waals surface area (Å²) in [6.45, 7) is 4.03. The standard InChI is InChI=1S/C12H24O3/c1-2-3-4-5-9-14-12-7-10-15-11(12)6-8-13/h11-13H,2-10H2,1H3/t11-,12?/m1/s1. The molecule has 0 saturated carbocycles. The molecule has 0 aromatic carbocycles. The highest BCUT2D eigenvalue weighted by atomic mass is 16.6. The van der Waals surface area contributed by atoms with Crippen LogP contribution in [0, 0.1) is 0 Å². The Morgan fingerprint density at radius 1 is 1.33 bits per heavy atom. The van der Waals surface area contributed by atoms with Crippen molar-refractivity contribution in [3.05, 3.63) is 0 Å². The van der Waals surface area contributed by atoms with Gasteiger partial charge in [-0.05, 0) is 19.3 Å². The average molecular weight is 216 g/mol. The zero-order valence-electron chi connectivity index (χ0n) is 9.78. The summed E-state index contributed by atoms with van der Waals surface area (Å²) < 4.78 is 11.3. The van der Waals surface area contributed by atoms with Crippen LogP contribution in [0.25, 0.3) is 0 Å². The van der Waals surface area contributed by atoms with E-state index in [0.717, 1.165) is 26.1 Å². The monoisotopic (exact) mass is 216 g/mol. The van der Waals surface area contributed by atoms with Gasteiger partial charge in [0.2, 0.25) is 0 Å². The van der Waals surface area contributed by atoms with Gasteiger partial charge in [0.15, 0.2) is 0 Å². The predicted octanol–water partition coefficient (Wildman–Crippen LogP) is 2.12. The summed E-state index contributed by atoms with van der Waals surface area (Å²) in [6, 6.07) is 0. The van der Waals surface area contributed by atoms with Crippen molar-refractivity contribution in [1.82, 2.24) is 0 Å². The maximum absolute atomic E-state index is 8.85. The molecule has 15 heavy (non-hydrogen) atoms. The first-order chi connectivity index (χ1) is 7.38. The summed E-state index contributed by atoms with van der Waals surface area (Å²) in [6.07, 6.45) is 7.01. The highest BCUT2D eigenvalue weighted by Gasteiger charge is 2.28. The molecule has 0 aromatic rings. The third-order valence-electron chi connectivity index (χ3n) is 2.89.